The first kappa shape index (κ1) is 8.83. The van der Waals surface area contributed by atoms with E-state index in [0.29, 0.717) is 21.7 Å². The Balaban J connectivity index is 2.70. The van der Waals surface area contributed by atoms with E-state index in [-0.39, 0.29) is 5.84 Å². The van der Waals surface area contributed by atoms with E-state index < -0.39 is 0 Å². The van der Waals surface area contributed by atoms with Gasteiger partial charge in [-0.15, -0.1) is 0 Å². The molecule has 14 heavy (non-hydrogen) atoms. The minimum Gasteiger partial charge on any atom is -0.442 e. The molecule has 0 radical (unpaired) electrons. The van der Waals surface area contributed by atoms with Crippen molar-refractivity contribution in [3.63, 3.8) is 0 Å². The summed E-state index contributed by atoms with van der Waals surface area (Å²) in [5.74, 6) is -0.0169. The number of benzene rings is 1. The molecule has 0 fully saturated rings. The molecule has 0 atom stereocenters. The van der Waals surface area contributed by atoms with Crippen LogP contribution in [-0.4, -0.2) is 16.0 Å². The molecule has 0 aliphatic heterocycles. The number of amidine groups is 1. The summed E-state index contributed by atoms with van der Waals surface area (Å²) in [5.41, 5.74) is 6.96. The lowest BCUT2D eigenvalue weighted by Gasteiger charge is -1.98. The molecule has 0 spiro atoms. The molecule has 3 N–H and O–H groups in total. The number of rotatable bonds is 1. The lowest BCUT2D eigenvalue weighted by atomic mass is 10.2. The van der Waals surface area contributed by atoms with E-state index in [1.54, 1.807) is 12.1 Å². The van der Waals surface area contributed by atoms with E-state index in [9.17, 15) is 0 Å². The van der Waals surface area contributed by atoms with Gasteiger partial charge >= 0.3 is 0 Å². The fourth-order valence-corrected chi connectivity index (χ4v) is 1.39. The zero-order chi connectivity index (χ0) is 10.1. The molecule has 0 aliphatic carbocycles. The van der Waals surface area contributed by atoms with Crippen LogP contribution in [0.1, 0.15) is 5.56 Å². The highest BCUT2D eigenvalue weighted by molar-refractivity contribution is 6.35. The first-order valence-corrected chi connectivity index (χ1v) is 4.11. The van der Waals surface area contributed by atoms with Crippen molar-refractivity contribution in [2.45, 2.75) is 0 Å². The molecule has 1 aromatic heterocycles. The number of nitrogens with two attached hydrogens (primary N) is 1. The first-order valence-electron chi connectivity index (χ1n) is 3.73. The summed E-state index contributed by atoms with van der Waals surface area (Å²) in [4.78, 5) is 3.91. The van der Waals surface area contributed by atoms with E-state index in [4.69, 9.17) is 27.0 Å². The van der Waals surface area contributed by atoms with Gasteiger partial charge in [0.25, 0.3) is 0 Å². The quantitative estimate of drug-likeness (QED) is 0.325. The van der Waals surface area contributed by atoms with Crippen molar-refractivity contribution < 1.29 is 9.62 Å². The Hall–Kier alpha value is -1.75. The summed E-state index contributed by atoms with van der Waals surface area (Å²) < 4.78 is 5.03. The number of nitrogens with zero attached hydrogens (tertiary/aromatic N) is 2. The van der Waals surface area contributed by atoms with Crippen LogP contribution in [0, 0.1) is 0 Å². The number of hydrogen-bond acceptors (Lipinski definition) is 4. The Labute approximate surface area is 83.8 Å². The largest absolute Gasteiger partial charge is 0.442 e. The summed E-state index contributed by atoms with van der Waals surface area (Å²) >= 11 is 5.88. The topological polar surface area (TPSA) is 84.6 Å². The van der Waals surface area contributed by atoms with E-state index in [2.05, 4.69) is 10.1 Å². The van der Waals surface area contributed by atoms with E-state index in [0.717, 1.165) is 0 Å². The van der Waals surface area contributed by atoms with Gasteiger partial charge in [-0.05, 0) is 12.1 Å². The number of halogens is 1. The molecule has 5 nitrogen and oxygen atoms in total. The normalized spacial score (nSPS) is 12.2. The molecule has 2 rings (SSSR count). The highest BCUT2D eigenvalue weighted by atomic mass is 35.5. The predicted octanol–water partition coefficient (Wildman–Crippen LogP) is 1.58. The van der Waals surface area contributed by atoms with Crippen molar-refractivity contribution in [1.29, 1.82) is 0 Å². The van der Waals surface area contributed by atoms with Gasteiger partial charge in [0.05, 0.1) is 5.02 Å². The van der Waals surface area contributed by atoms with Gasteiger partial charge in [-0.1, -0.05) is 16.8 Å². The molecule has 6 heteroatoms. The lowest BCUT2D eigenvalue weighted by molar-refractivity contribution is 0.318. The molecule has 1 aromatic carbocycles. The maximum absolute atomic E-state index is 8.48. The fourth-order valence-electron chi connectivity index (χ4n) is 1.13. The van der Waals surface area contributed by atoms with Gasteiger partial charge in [0.15, 0.2) is 17.8 Å². The number of oxazole rings is 1. The number of aromatic nitrogens is 1. The van der Waals surface area contributed by atoms with E-state index in [1.165, 1.54) is 6.39 Å². The smallest absolute Gasteiger partial charge is 0.182 e. The van der Waals surface area contributed by atoms with Crippen LogP contribution in [0.5, 0.6) is 0 Å². The van der Waals surface area contributed by atoms with Crippen LogP contribution in [0.4, 0.5) is 0 Å². The molecule has 0 saturated heterocycles. The Morgan fingerprint density at radius 1 is 1.57 bits per heavy atom. The second kappa shape index (κ2) is 3.19. The Bertz CT molecular complexity index is 506. The van der Waals surface area contributed by atoms with Crippen LogP contribution in [0.3, 0.4) is 0 Å². The molecule has 0 amide bonds. The third kappa shape index (κ3) is 1.27. The van der Waals surface area contributed by atoms with Crippen LogP contribution in [0.25, 0.3) is 11.1 Å². The molecule has 72 valence electrons. The van der Waals surface area contributed by atoms with Gasteiger partial charge in [0.1, 0.15) is 5.52 Å². The molecule has 0 bridgehead atoms. The van der Waals surface area contributed by atoms with Gasteiger partial charge < -0.3 is 15.4 Å². The third-order valence-corrected chi connectivity index (χ3v) is 2.07. The van der Waals surface area contributed by atoms with Crippen LogP contribution in [-0.2, 0) is 0 Å². The molecular weight excluding hydrogens is 206 g/mol. The molecule has 0 aliphatic rings. The summed E-state index contributed by atoms with van der Waals surface area (Å²) in [5, 5.41) is 11.7. The van der Waals surface area contributed by atoms with Crippen molar-refractivity contribution in [3.8, 4) is 0 Å². The van der Waals surface area contributed by atoms with Crippen LogP contribution in [0.2, 0.25) is 5.02 Å². The SMILES string of the molecule is N/C(=N/O)c1cc(Cl)c2ocnc2c1. The second-order valence-corrected chi connectivity index (χ2v) is 3.05. The summed E-state index contributed by atoms with van der Waals surface area (Å²) in [6.45, 7) is 0. The van der Waals surface area contributed by atoms with Crippen LogP contribution < -0.4 is 5.73 Å². The molecule has 0 unspecified atom stereocenters. The van der Waals surface area contributed by atoms with Gasteiger partial charge in [0.2, 0.25) is 0 Å². The number of fused-ring (bicyclic) bond motifs is 1. The highest BCUT2D eigenvalue weighted by Crippen LogP contribution is 2.24. The second-order valence-electron chi connectivity index (χ2n) is 2.64. The molecule has 2 aromatic rings. The minimum atomic E-state index is -0.0169. The average Bonchev–Trinajstić information content (AvgIpc) is 2.64. The fraction of sp³-hybridized carbons (Fsp3) is 0. The van der Waals surface area contributed by atoms with Crippen molar-refractivity contribution in [2.24, 2.45) is 10.9 Å². The maximum atomic E-state index is 8.48. The van der Waals surface area contributed by atoms with Crippen molar-refractivity contribution in [2.75, 3.05) is 0 Å². The monoisotopic (exact) mass is 211 g/mol. The minimum absolute atomic E-state index is 0.0169. The highest BCUT2D eigenvalue weighted by Gasteiger charge is 2.08. The maximum Gasteiger partial charge on any atom is 0.182 e. The van der Waals surface area contributed by atoms with Crippen molar-refractivity contribution in [3.05, 3.63) is 29.1 Å². The Morgan fingerprint density at radius 2 is 2.36 bits per heavy atom. The molecular formula is C8H6ClN3O2. The lowest BCUT2D eigenvalue weighted by Crippen LogP contribution is -2.12. The molecule has 1 heterocycles. The van der Waals surface area contributed by atoms with E-state index >= 15 is 0 Å². The standard InChI is InChI=1S/C8H6ClN3O2/c9-5-1-4(8(10)12-13)2-6-7(5)14-3-11-6/h1-3,13H,(H2,10,12). The summed E-state index contributed by atoms with van der Waals surface area (Å²) in [6.07, 6.45) is 1.28. The summed E-state index contributed by atoms with van der Waals surface area (Å²) in [7, 11) is 0. The Kier molecular flexibility index (Phi) is 2.01. The third-order valence-electron chi connectivity index (χ3n) is 1.79. The van der Waals surface area contributed by atoms with Gasteiger partial charge in [-0.25, -0.2) is 4.98 Å². The van der Waals surface area contributed by atoms with Crippen LogP contribution >= 0.6 is 11.6 Å². The van der Waals surface area contributed by atoms with Crippen LogP contribution in [0.15, 0.2) is 28.1 Å². The summed E-state index contributed by atoms with van der Waals surface area (Å²) in [6, 6.07) is 3.17. The Morgan fingerprint density at radius 3 is 3.07 bits per heavy atom. The van der Waals surface area contributed by atoms with Crippen molar-refractivity contribution >= 4 is 28.5 Å². The van der Waals surface area contributed by atoms with Gasteiger partial charge in [-0.3, -0.25) is 0 Å². The predicted molar refractivity (Wildman–Crippen MR) is 51.5 cm³/mol. The zero-order valence-corrected chi connectivity index (χ0v) is 7.69. The van der Waals surface area contributed by atoms with Gasteiger partial charge in [0, 0.05) is 5.56 Å². The van der Waals surface area contributed by atoms with Crippen molar-refractivity contribution in [1.82, 2.24) is 4.98 Å². The zero-order valence-electron chi connectivity index (χ0n) is 6.94. The van der Waals surface area contributed by atoms with Gasteiger partial charge in [-0.2, -0.15) is 0 Å². The number of hydrogen-bond donors (Lipinski definition) is 2. The first-order chi connectivity index (χ1) is 6.72. The average molecular weight is 212 g/mol. The number of oxime groups is 1. The molecule has 0 saturated carbocycles. The van der Waals surface area contributed by atoms with E-state index in [1.807, 2.05) is 0 Å².